The van der Waals surface area contributed by atoms with Crippen molar-refractivity contribution in [2.24, 2.45) is 5.73 Å². The second-order valence-electron chi connectivity index (χ2n) is 2.77. The van der Waals surface area contributed by atoms with Crippen LogP contribution in [0.1, 0.15) is 5.56 Å². The number of hydrogen-bond acceptors (Lipinski definition) is 3. The lowest BCUT2D eigenvalue weighted by Gasteiger charge is -2.08. The summed E-state index contributed by atoms with van der Waals surface area (Å²) in [4.78, 5) is 4.10. The molecule has 1 atom stereocenters. The molecule has 0 spiro atoms. The maximum atomic E-state index is 8.77. The van der Waals surface area contributed by atoms with E-state index in [1.165, 1.54) is 0 Å². The van der Waals surface area contributed by atoms with E-state index in [9.17, 15) is 0 Å². The highest BCUT2D eigenvalue weighted by Crippen LogP contribution is 2.16. The van der Waals surface area contributed by atoms with Gasteiger partial charge >= 0.3 is 0 Å². The number of aromatic nitrogens is 1. The summed E-state index contributed by atoms with van der Waals surface area (Å²) in [6.45, 7) is -0.00242. The number of hydrogen-bond donors (Lipinski definition) is 2. The predicted molar refractivity (Wildman–Crippen MR) is 68.7 cm³/mol. The van der Waals surface area contributed by atoms with Gasteiger partial charge < -0.3 is 10.8 Å². The maximum Gasteiger partial charge on any atom is 0.107 e. The van der Waals surface area contributed by atoms with Crippen molar-refractivity contribution in [1.29, 1.82) is 0 Å². The Morgan fingerprint density at radius 1 is 1.36 bits per heavy atom. The quantitative estimate of drug-likeness (QED) is 0.776. The van der Waals surface area contributed by atoms with Crippen molar-refractivity contribution in [3.05, 3.63) is 26.9 Å². The molecule has 1 aromatic rings. The molecule has 0 saturated carbocycles. The van der Waals surface area contributed by atoms with Crippen LogP contribution in [0.3, 0.4) is 0 Å². The van der Waals surface area contributed by atoms with Crippen LogP contribution in [-0.4, -0.2) is 22.7 Å². The van der Waals surface area contributed by atoms with Gasteiger partial charge in [0.1, 0.15) is 9.21 Å². The summed E-state index contributed by atoms with van der Waals surface area (Å²) in [5, 5.41) is 8.77. The first-order chi connectivity index (χ1) is 6.11. The molecule has 1 rings (SSSR count). The molecule has 0 aliphatic rings. The Hall–Kier alpha value is 0.510. The largest absolute Gasteiger partial charge is 0.395 e. The molecule has 1 heterocycles. The van der Waals surface area contributed by atoms with Gasteiger partial charge in [0.15, 0.2) is 0 Å². The van der Waals surface area contributed by atoms with Gasteiger partial charge in [0.2, 0.25) is 0 Å². The van der Waals surface area contributed by atoms with Crippen LogP contribution in [0.25, 0.3) is 0 Å². The topological polar surface area (TPSA) is 59.1 Å². The lowest BCUT2D eigenvalue weighted by Crippen LogP contribution is -2.26. The lowest BCUT2D eigenvalue weighted by atomic mass is 10.1. The fraction of sp³-hybridized carbons (Fsp3) is 0.375. The molecule has 80 valence electrons. The van der Waals surface area contributed by atoms with Gasteiger partial charge in [-0.1, -0.05) is 0 Å². The van der Waals surface area contributed by atoms with Gasteiger partial charge in [0.05, 0.1) is 6.61 Å². The third kappa shape index (κ3) is 4.84. The first kappa shape index (κ1) is 14.5. The standard InChI is InChI=1S/C8H10Br2N2O.BrH/c9-7-2-5(1-6(11)4-13)3-8(10)12-7;/h2-3,6,13H,1,4,11H2;1H. The van der Waals surface area contributed by atoms with Gasteiger partial charge in [-0.25, -0.2) is 4.98 Å². The number of aliphatic hydroxyl groups is 1. The number of rotatable bonds is 3. The van der Waals surface area contributed by atoms with Crippen molar-refractivity contribution < 1.29 is 5.11 Å². The Balaban J connectivity index is 0.00000169. The van der Waals surface area contributed by atoms with Crippen molar-refractivity contribution in [2.75, 3.05) is 6.61 Å². The molecule has 14 heavy (non-hydrogen) atoms. The zero-order valence-corrected chi connectivity index (χ0v) is 12.2. The van der Waals surface area contributed by atoms with Gasteiger partial charge in [-0.05, 0) is 56.0 Å². The third-order valence-corrected chi connectivity index (χ3v) is 2.37. The Kier molecular flexibility index (Phi) is 7.15. The van der Waals surface area contributed by atoms with E-state index in [-0.39, 0.29) is 29.6 Å². The normalized spacial score (nSPS) is 12.0. The fourth-order valence-corrected chi connectivity index (χ4v) is 2.21. The van der Waals surface area contributed by atoms with Crippen molar-refractivity contribution in [3.8, 4) is 0 Å². The van der Waals surface area contributed by atoms with E-state index >= 15 is 0 Å². The van der Waals surface area contributed by atoms with Crippen LogP contribution in [-0.2, 0) is 6.42 Å². The van der Waals surface area contributed by atoms with Crippen LogP contribution in [0.4, 0.5) is 0 Å². The van der Waals surface area contributed by atoms with E-state index < -0.39 is 0 Å². The van der Waals surface area contributed by atoms with E-state index in [4.69, 9.17) is 10.8 Å². The number of aliphatic hydroxyl groups excluding tert-OH is 1. The minimum Gasteiger partial charge on any atom is -0.395 e. The molecule has 3 nitrogen and oxygen atoms in total. The summed E-state index contributed by atoms with van der Waals surface area (Å²) in [5.41, 5.74) is 6.66. The molecule has 6 heteroatoms. The minimum atomic E-state index is -0.207. The summed E-state index contributed by atoms with van der Waals surface area (Å²) in [5.74, 6) is 0. The molecule has 0 fully saturated rings. The van der Waals surface area contributed by atoms with Crippen molar-refractivity contribution in [1.82, 2.24) is 4.98 Å². The van der Waals surface area contributed by atoms with Gasteiger partial charge in [0.25, 0.3) is 0 Å². The summed E-state index contributed by atoms with van der Waals surface area (Å²) in [7, 11) is 0. The van der Waals surface area contributed by atoms with Crippen LogP contribution in [0, 0.1) is 0 Å². The summed E-state index contributed by atoms with van der Waals surface area (Å²) in [6, 6.07) is 3.57. The van der Waals surface area contributed by atoms with Crippen molar-refractivity contribution in [2.45, 2.75) is 12.5 Å². The highest BCUT2D eigenvalue weighted by molar-refractivity contribution is 9.11. The van der Waals surface area contributed by atoms with Gasteiger partial charge in [-0.15, -0.1) is 17.0 Å². The maximum absolute atomic E-state index is 8.77. The number of nitrogens with two attached hydrogens (primary N) is 1. The van der Waals surface area contributed by atoms with E-state index in [0.717, 1.165) is 14.8 Å². The minimum absolute atomic E-state index is 0. The van der Waals surface area contributed by atoms with E-state index in [1.807, 2.05) is 12.1 Å². The molecule has 0 aromatic carbocycles. The van der Waals surface area contributed by atoms with Crippen molar-refractivity contribution >= 4 is 48.8 Å². The smallest absolute Gasteiger partial charge is 0.107 e. The van der Waals surface area contributed by atoms with E-state index in [0.29, 0.717) is 6.42 Å². The number of pyridine rings is 1. The molecule has 1 unspecified atom stereocenters. The van der Waals surface area contributed by atoms with E-state index in [2.05, 4.69) is 36.8 Å². The monoisotopic (exact) mass is 388 g/mol. The first-order valence-corrected chi connectivity index (χ1v) is 5.39. The fourth-order valence-electron chi connectivity index (χ4n) is 0.999. The second kappa shape index (κ2) is 6.90. The molecule has 3 N–H and O–H groups in total. The van der Waals surface area contributed by atoms with Crippen LogP contribution >= 0.6 is 48.8 Å². The predicted octanol–water partition coefficient (Wildman–Crippen LogP) is 2.05. The molecular weight excluding hydrogens is 380 g/mol. The van der Waals surface area contributed by atoms with Crippen LogP contribution < -0.4 is 5.73 Å². The number of nitrogens with zero attached hydrogens (tertiary/aromatic N) is 1. The summed E-state index contributed by atoms with van der Waals surface area (Å²) < 4.78 is 1.53. The molecule has 0 amide bonds. The molecule has 0 bridgehead atoms. The Morgan fingerprint density at radius 2 is 1.86 bits per heavy atom. The highest BCUT2D eigenvalue weighted by Gasteiger charge is 2.04. The average Bonchev–Trinajstić information content (AvgIpc) is 2.02. The molecule has 0 saturated heterocycles. The molecule has 0 aliphatic carbocycles. The second-order valence-corrected chi connectivity index (χ2v) is 4.39. The molecular formula is C8H11Br3N2O. The van der Waals surface area contributed by atoms with E-state index in [1.54, 1.807) is 0 Å². The SMILES string of the molecule is Br.NC(CO)Cc1cc(Br)nc(Br)c1. The van der Waals surface area contributed by atoms with Gasteiger partial charge in [-0.2, -0.15) is 0 Å². The summed E-state index contributed by atoms with van der Waals surface area (Å²) in [6.07, 6.45) is 0.649. The summed E-state index contributed by atoms with van der Waals surface area (Å²) >= 11 is 6.56. The molecule has 0 aliphatic heterocycles. The van der Waals surface area contributed by atoms with Gasteiger partial charge in [-0.3, -0.25) is 0 Å². The third-order valence-electron chi connectivity index (χ3n) is 1.56. The lowest BCUT2D eigenvalue weighted by molar-refractivity contribution is 0.265. The average molecular weight is 391 g/mol. The Bertz CT molecular complexity index is 276. The number of halogens is 3. The first-order valence-electron chi connectivity index (χ1n) is 3.80. The van der Waals surface area contributed by atoms with Crippen LogP contribution in [0.2, 0.25) is 0 Å². The van der Waals surface area contributed by atoms with Crippen LogP contribution in [0.5, 0.6) is 0 Å². The van der Waals surface area contributed by atoms with Gasteiger partial charge in [0, 0.05) is 6.04 Å². The molecule has 0 radical (unpaired) electrons. The zero-order chi connectivity index (χ0) is 9.84. The Morgan fingerprint density at radius 3 is 2.29 bits per heavy atom. The van der Waals surface area contributed by atoms with Crippen LogP contribution in [0.15, 0.2) is 21.3 Å². The zero-order valence-electron chi connectivity index (χ0n) is 7.28. The highest BCUT2D eigenvalue weighted by atomic mass is 79.9. The Labute approximate surface area is 110 Å². The van der Waals surface area contributed by atoms with Crippen molar-refractivity contribution in [3.63, 3.8) is 0 Å². The molecule has 1 aromatic heterocycles.